The second kappa shape index (κ2) is 2.94. The molecule has 1 rings (SSSR count). The molecule has 60 valence electrons. The van der Waals surface area contributed by atoms with E-state index in [1.54, 1.807) is 19.3 Å². The second-order valence-electron chi connectivity index (χ2n) is 2.61. The van der Waals surface area contributed by atoms with Crippen molar-refractivity contribution in [3.63, 3.8) is 0 Å². The predicted octanol–water partition coefficient (Wildman–Crippen LogP) is -0.357. The maximum Gasteiger partial charge on any atom is 0.115 e. The third kappa shape index (κ3) is 1.72. The lowest BCUT2D eigenvalue weighted by Crippen LogP contribution is -2.31. The Balaban J connectivity index is 2.93. The van der Waals surface area contributed by atoms with Crippen LogP contribution in [0.1, 0.15) is 12.5 Å². The van der Waals surface area contributed by atoms with E-state index in [-0.39, 0.29) is 6.54 Å². The van der Waals surface area contributed by atoms with E-state index in [0.29, 0.717) is 5.56 Å². The van der Waals surface area contributed by atoms with Crippen molar-refractivity contribution in [2.24, 2.45) is 5.73 Å². The Hall–Kier alpha value is -1.00. The van der Waals surface area contributed by atoms with Crippen LogP contribution in [0.25, 0.3) is 0 Å². The summed E-state index contributed by atoms with van der Waals surface area (Å²) in [4.78, 5) is 7.54. The molecule has 0 bridgehead atoms. The summed E-state index contributed by atoms with van der Waals surface area (Å²) >= 11 is 0. The van der Waals surface area contributed by atoms with E-state index in [1.165, 1.54) is 6.33 Å². The van der Waals surface area contributed by atoms with Gasteiger partial charge in [0.1, 0.15) is 11.9 Å². The molecule has 0 radical (unpaired) electrons. The largest absolute Gasteiger partial charge is 0.384 e. The molecule has 0 amide bonds. The lowest BCUT2D eigenvalue weighted by Gasteiger charge is -2.19. The zero-order valence-corrected chi connectivity index (χ0v) is 6.36. The molecule has 0 fully saturated rings. The topological polar surface area (TPSA) is 72.0 Å². The average molecular weight is 153 g/mol. The smallest absolute Gasteiger partial charge is 0.115 e. The van der Waals surface area contributed by atoms with E-state index in [2.05, 4.69) is 9.97 Å². The van der Waals surface area contributed by atoms with E-state index >= 15 is 0 Å². The van der Waals surface area contributed by atoms with Crippen LogP contribution in [0.15, 0.2) is 18.7 Å². The first-order valence-corrected chi connectivity index (χ1v) is 3.35. The molecule has 1 unspecified atom stereocenters. The van der Waals surface area contributed by atoms with E-state index in [9.17, 15) is 5.11 Å². The van der Waals surface area contributed by atoms with Gasteiger partial charge < -0.3 is 10.8 Å². The van der Waals surface area contributed by atoms with Gasteiger partial charge in [-0.15, -0.1) is 0 Å². The Morgan fingerprint density at radius 1 is 1.55 bits per heavy atom. The third-order valence-electron chi connectivity index (χ3n) is 1.58. The van der Waals surface area contributed by atoms with Gasteiger partial charge in [-0.1, -0.05) is 0 Å². The van der Waals surface area contributed by atoms with Gasteiger partial charge >= 0.3 is 0 Å². The lowest BCUT2D eigenvalue weighted by molar-refractivity contribution is 0.0661. The fraction of sp³-hybridized carbons (Fsp3) is 0.429. The van der Waals surface area contributed by atoms with Crippen molar-refractivity contribution in [3.8, 4) is 0 Å². The summed E-state index contributed by atoms with van der Waals surface area (Å²) in [5.41, 5.74) is 4.96. The third-order valence-corrected chi connectivity index (χ3v) is 1.58. The first kappa shape index (κ1) is 8.10. The predicted molar refractivity (Wildman–Crippen MR) is 40.7 cm³/mol. The Morgan fingerprint density at radius 3 is 2.55 bits per heavy atom. The number of aliphatic hydroxyl groups is 1. The van der Waals surface area contributed by atoms with Crippen LogP contribution in [-0.2, 0) is 5.60 Å². The molecule has 1 heterocycles. The summed E-state index contributed by atoms with van der Waals surface area (Å²) in [5.74, 6) is 0. The highest BCUT2D eigenvalue weighted by molar-refractivity contribution is 5.12. The van der Waals surface area contributed by atoms with Crippen LogP contribution in [0.2, 0.25) is 0 Å². The second-order valence-corrected chi connectivity index (χ2v) is 2.61. The van der Waals surface area contributed by atoms with E-state index in [4.69, 9.17) is 5.73 Å². The molecule has 0 saturated heterocycles. The molecule has 4 nitrogen and oxygen atoms in total. The fourth-order valence-corrected chi connectivity index (χ4v) is 0.695. The Bertz CT molecular complexity index is 222. The molecule has 0 aliphatic heterocycles. The van der Waals surface area contributed by atoms with Crippen molar-refractivity contribution in [2.75, 3.05) is 6.54 Å². The van der Waals surface area contributed by atoms with Gasteiger partial charge in [0.25, 0.3) is 0 Å². The molecule has 0 spiro atoms. The molecule has 0 aliphatic carbocycles. The van der Waals surface area contributed by atoms with Crippen molar-refractivity contribution < 1.29 is 5.11 Å². The monoisotopic (exact) mass is 153 g/mol. The van der Waals surface area contributed by atoms with Crippen molar-refractivity contribution >= 4 is 0 Å². The molecule has 0 aromatic carbocycles. The summed E-state index contributed by atoms with van der Waals surface area (Å²) in [7, 11) is 0. The SMILES string of the molecule is CC(O)(CN)c1cncnc1. The first-order chi connectivity index (χ1) is 5.17. The molecule has 1 aromatic heterocycles. The minimum absolute atomic E-state index is 0.167. The number of hydrogen-bond acceptors (Lipinski definition) is 4. The van der Waals surface area contributed by atoms with E-state index < -0.39 is 5.60 Å². The number of hydrogen-bond donors (Lipinski definition) is 2. The van der Waals surface area contributed by atoms with Crippen LogP contribution in [0.5, 0.6) is 0 Å². The van der Waals surface area contributed by atoms with Gasteiger partial charge in [0.05, 0.1) is 0 Å². The normalized spacial score (nSPS) is 15.9. The zero-order chi connectivity index (χ0) is 8.32. The van der Waals surface area contributed by atoms with Gasteiger partial charge in [-0.25, -0.2) is 9.97 Å². The Kier molecular flexibility index (Phi) is 2.16. The van der Waals surface area contributed by atoms with Crippen molar-refractivity contribution in [2.45, 2.75) is 12.5 Å². The zero-order valence-electron chi connectivity index (χ0n) is 6.36. The van der Waals surface area contributed by atoms with Gasteiger partial charge in [-0.3, -0.25) is 0 Å². The van der Waals surface area contributed by atoms with Crippen LogP contribution < -0.4 is 5.73 Å². The molecule has 11 heavy (non-hydrogen) atoms. The lowest BCUT2D eigenvalue weighted by atomic mass is 10.00. The summed E-state index contributed by atoms with van der Waals surface area (Å²) in [6, 6.07) is 0. The van der Waals surface area contributed by atoms with Crippen molar-refractivity contribution in [1.29, 1.82) is 0 Å². The summed E-state index contributed by atoms with van der Waals surface area (Å²) in [5, 5.41) is 9.59. The minimum Gasteiger partial charge on any atom is -0.384 e. The molecule has 0 aliphatic rings. The standard InChI is InChI=1S/C7H11N3O/c1-7(11,4-8)6-2-9-5-10-3-6/h2-3,5,11H,4,8H2,1H3. The van der Waals surface area contributed by atoms with Gasteiger partial charge in [-0.05, 0) is 6.92 Å². The molecular weight excluding hydrogens is 142 g/mol. The molecule has 0 saturated carbocycles. The molecule has 1 aromatic rings. The summed E-state index contributed by atoms with van der Waals surface area (Å²) in [6.45, 7) is 1.80. The quantitative estimate of drug-likeness (QED) is 0.608. The maximum atomic E-state index is 9.59. The number of rotatable bonds is 2. The highest BCUT2D eigenvalue weighted by Crippen LogP contribution is 2.15. The van der Waals surface area contributed by atoms with Gasteiger partial charge in [0.2, 0.25) is 0 Å². The van der Waals surface area contributed by atoms with E-state index in [0.717, 1.165) is 0 Å². The highest BCUT2D eigenvalue weighted by Gasteiger charge is 2.20. The number of aromatic nitrogens is 2. The maximum absolute atomic E-state index is 9.59. The fourth-order valence-electron chi connectivity index (χ4n) is 0.695. The van der Waals surface area contributed by atoms with Crippen LogP contribution in [0.3, 0.4) is 0 Å². The van der Waals surface area contributed by atoms with Gasteiger partial charge in [0.15, 0.2) is 0 Å². The van der Waals surface area contributed by atoms with Gasteiger partial charge in [-0.2, -0.15) is 0 Å². The van der Waals surface area contributed by atoms with Crippen LogP contribution in [-0.4, -0.2) is 21.6 Å². The van der Waals surface area contributed by atoms with Crippen molar-refractivity contribution in [1.82, 2.24) is 9.97 Å². The average Bonchev–Trinajstić information content (AvgIpc) is 2.06. The Morgan fingerprint density at radius 2 is 2.09 bits per heavy atom. The first-order valence-electron chi connectivity index (χ1n) is 3.35. The molecule has 3 N–H and O–H groups in total. The summed E-state index contributed by atoms with van der Waals surface area (Å²) in [6.07, 6.45) is 4.52. The van der Waals surface area contributed by atoms with Crippen LogP contribution in [0.4, 0.5) is 0 Å². The molecule has 4 heteroatoms. The molecule has 1 atom stereocenters. The minimum atomic E-state index is -1.01. The van der Waals surface area contributed by atoms with Crippen molar-refractivity contribution in [3.05, 3.63) is 24.3 Å². The van der Waals surface area contributed by atoms with Crippen LogP contribution in [0, 0.1) is 0 Å². The van der Waals surface area contributed by atoms with E-state index in [1.807, 2.05) is 0 Å². The van der Waals surface area contributed by atoms with Gasteiger partial charge in [0, 0.05) is 24.5 Å². The Labute approximate surface area is 65.1 Å². The molecular formula is C7H11N3O. The number of nitrogens with zero attached hydrogens (tertiary/aromatic N) is 2. The van der Waals surface area contributed by atoms with Crippen LogP contribution >= 0.6 is 0 Å². The number of nitrogens with two attached hydrogens (primary N) is 1. The highest BCUT2D eigenvalue weighted by atomic mass is 16.3. The summed E-state index contributed by atoms with van der Waals surface area (Å²) < 4.78 is 0.